The zero-order chi connectivity index (χ0) is 16.4. The largest absolute Gasteiger partial charge is 0.345 e. The van der Waals surface area contributed by atoms with Gasteiger partial charge in [0.25, 0.3) is 5.91 Å². The molecule has 3 rings (SSSR count). The van der Waals surface area contributed by atoms with Crippen molar-refractivity contribution in [1.82, 2.24) is 10.3 Å². The molecular formula is C18H14F2N2O. The summed E-state index contributed by atoms with van der Waals surface area (Å²) in [6, 6.07) is 12.0. The number of hydrogen-bond donors (Lipinski definition) is 1. The van der Waals surface area contributed by atoms with Gasteiger partial charge in [-0.1, -0.05) is 18.2 Å². The van der Waals surface area contributed by atoms with E-state index in [0.29, 0.717) is 11.1 Å². The summed E-state index contributed by atoms with van der Waals surface area (Å²) < 4.78 is 26.3. The third kappa shape index (κ3) is 3.04. The van der Waals surface area contributed by atoms with E-state index in [9.17, 15) is 13.6 Å². The Balaban J connectivity index is 1.87. The maximum atomic E-state index is 13.3. The number of amides is 1. The highest BCUT2D eigenvalue weighted by atomic mass is 19.2. The summed E-state index contributed by atoms with van der Waals surface area (Å²) in [4.78, 5) is 16.7. The zero-order valence-corrected chi connectivity index (χ0v) is 12.4. The van der Waals surface area contributed by atoms with E-state index < -0.39 is 17.7 Å². The lowest BCUT2D eigenvalue weighted by molar-refractivity contribution is 0.0941. The van der Waals surface area contributed by atoms with E-state index in [1.165, 1.54) is 6.07 Å². The van der Waals surface area contributed by atoms with Crippen LogP contribution < -0.4 is 5.32 Å². The summed E-state index contributed by atoms with van der Waals surface area (Å²) in [5.41, 5.74) is 1.71. The van der Waals surface area contributed by atoms with Crippen molar-refractivity contribution >= 4 is 16.8 Å². The number of rotatable bonds is 3. The molecule has 116 valence electrons. The van der Waals surface area contributed by atoms with E-state index >= 15 is 0 Å². The van der Waals surface area contributed by atoms with Crippen LogP contribution in [0.4, 0.5) is 8.78 Å². The molecule has 0 saturated heterocycles. The molecule has 0 bridgehead atoms. The van der Waals surface area contributed by atoms with E-state index in [1.54, 1.807) is 31.3 Å². The van der Waals surface area contributed by atoms with E-state index in [2.05, 4.69) is 10.3 Å². The maximum Gasteiger partial charge on any atom is 0.252 e. The molecule has 5 heteroatoms. The van der Waals surface area contributed by atoms with Gasteiger partial charge >= 0.3 is 0 Å². The number of pyridine rings is 1. The molecule has 1 atom stereocenters. The number of halogens is 2. The second kappa shape index (κ2) is 6.12. The SMILES string of the molecule is CC(NC(=O)c1cccc2ncccc12)c1ccc(F)c(F)c1. The van der Waals surface area contributed by atoms with E-state index in [-0.39, 0.29) is 5.91 Å². The zero-order valence-electron chi connectivity index (χ0n) is 12.4. The summed E-state index contributed by atoms with van der Waals surface area (Å²) in [5.74, 6) is -2.13. The van der Waals surface area contributed by atoms with Gasteiger partial charge < -0.3 is 5.32 Å². The molecule has 1 amide bonds. The molecule has 1 heterocycles. The molecule has 0 aliphatic rings. The molecule has 0 spiro atoms. The number of carbonyl (C=O) groups is 1. The molecule has 1 aromatic heterocycles. The fraction of sp³-hybridized carbons (Fsp3) is 0.111. The Bertz CT molecular complexity index is 875. The lowest BCUT2D eigenvalue weighted by Gasteiger charge is -2.15. The summed E-state index contributed by atoms with van der Waals surface area (Å²) in [5, 5.41) is 3.54. The molecule has 23 heavy (non-hydrogen) atoms. The number of nitrogens with one attached hydrogen (secondary N) is 1. The van der Waals surface area contributed by atoms with Gasteiger partial charge in [0.1, 0.15) is 0 Å². The van der Waals surface area contributed by atoms with Crippen LogP contribution in [0.15, 0.2) is 54.7 Å². The monoisotopic (exact) mass is 312 g/mol. The Morgan fingerprint density at radius 1 is 1.09 bits per heavy atom. The Hall–Kier alpha value is -2.82. The van der Waals surface area contributed by atoms with Crippen molar-refractivity contribution in [2.75, 3.05) is 0 Å². The molecule has 0 saturated carbocycles. The molecule has 0 fully saturated rings. The average molecular weight is 312 g/mol. The Morgan fingerprint density at radius 2 is 1.91 bits per heavy atom. The van der Waals surface area contributed by atoms with Crippen molar-refractivity contribution < 1.29 is 13.6 Å². The summed E-state index contributed by atoms with van der Waals surface area (Å²) in [7, 11) is 0. The van der Waals surface area contributed by atoms with Crippen molar-refractivity contribution in [2.24, 2.45) is 0 Å². The fourth-order valence-electron chi connectivity index (χ4n) is 2.44. The van der Waals surface area contributed by atoms with Crippen molar-refractivity contribution in [3.63, 3.8) is 0 Å². The molecule has 0 radical (unpaired) electrons. The molecule has 2 aromatic carbocycles. The first-order valence-corrected chi connectivity index (χ1v) is 7.16. The standard InChI is InChI=1S/C18H14F2N2O/c1-11(12-7-8-15(19)16(20)10-12)22-18(23)14-4-2-6-17-13(14)5-3-9-21-17/h2-11H,1H3,(H,22,23). The van der Waals surface area contributed by atoms with Crippen LogP contribution in [0.5, 0.6) is 0 Å². The molecular weight excluding hydrogens is 298 g/mol. The summed E-state index contributed by atoms with van der Waals surface area (Å²) in [6.45, 7) is 1.72. The highest BCUT2D eigenvalue weighted by molar-refractivity contribution is 6.06. The van der Waals surface area contributed by atoms with Crippen molar-refractivity contribution in [2.45, 2.75) is 13.0 Å². The number of nitrogens with zero attached hydrogens (tertiary/aromatic N) is 1. The lowest BCUT2D eigenvalue weighted by Crippen LogP contribution is -2.27. The van der Waals surface area contributed by atoms with Crippen LogP contribution in [-0.4, -0.2) is 10.9 Å². The summed E-state index contributed by atoms with van der Waals surface area (Å²) in [6.07, 6.45) is 1.66. The van der Waals surface area contributed by atoms with Crippen molar-refractivity contribution in [3.05, 3.63) is 77.5 Å². The van der Waals surface area contributed by atoms with Gasteiger partial charge in [-0.2, -0.15) is 0 Å². The number of carbonyl (C=O) groups excluding carboxylic acids is 1. The van der Waals surface area contributed by atoms with Gasteiger partial charge in [0.2, 0.25) is 0 Å². The van der Waals surface area contributed by atoms with Crippen LogP contribution in [0, 0.1) is 11.6 Å². The van der Waals surface area contributed by atoms with Crippen molar-refractivity contribution in [3.8, 4) is 0 Å². The third-order valence-electron chi connectivity index (χ3n) is 3.68. The molecule has 0 aliphatic carbocycles. The normalized spacial score (nSPS) is 12.1. The minimum Gasteiger partial charge on any atom is -0.345 e. The Kier molecular flexibility index (Phi) is 4.02. The summed E-state index contributed by atoms with van der Waals surface area (Å²) >= 11 is 0. The molecule has 0 aliphatic heterocycles. The number of aromatic nitrogens is 1. The fourth-order valence-corrected chi connectivity index (χ4v) is 2.44. The van der Waals surface area contributed by atoms with Crippen LogP contribution >= 0.6 is 0 Å². The predicted octanol–water partition coefficient (Wildman–Crippen LogP) is 4.00. The first-order valence-electron chi connectivity index (χ1n) is 7.16. The third-order valence-corrected chi connectivity index (χ3v) is 3.68. The predicted molar refractivity (Wildman–Crippen MR) is 84.0 cm³/mol. The lowest BCUT2D eigenvalue weighted by atomic mass is 10.1. The minimum absolute atomic E-state index is 0.291. The van der Waals surface area contributed by atoms with Crippen LogP contribution in [-0.2, 0) is 0 Å². The molecule has 1 N–H and O–H groups in total. The van der Waals surface area contributed by atoms with E-state index in [4.69, 9.17) is 0 Å². The quantitative estimate of drug-likeness (QED) is 0.794. The van der Waals surface area contributed by atoms with Crippen LogP contribution in [0.3, 0.4) is 0 Å². The maximum absolute atomic E-state index is 13.3. The van der Waals surface area contributed by atoms with Gasteiger partial charge in [-0.15, -0.1) is 0 Å². The topological polar surface area (TPSA) is 42.0 Å². The Morgan fingerprint density at radius 3 is 2.70 bits per heavy atom. The first-order chi connectivity index (χ1) is 11.1. The molecule has 3 nitrogen and oxygen atoms in total. The molecule has 3 aromatic rings. The second-order valence-corrected chi connectivity index (χ2v) is 5.24. The van der Waals surface area contributed by atoms with Gasteiger partial charge in [0.05, 0.1) is 11.6 Å². The van der Waals surface area contributed by atoms with Crippen LogP contribution in [0.1, 0.15) is 28.9 Å². The van der Waals surface area contributed by atoms with Crippen LogP contribution in [0.25, 0.3) is 10.9 Å². The van der Waals surface area contributed by atoms with Gasteiger partial charge in [-0.05, 0) is 42.8 Å². The smallest absolute Gasteiger partial charge is 0.252 e. The van der Waals surface area contributed by atoms with Gasteiger partial charge in [-0.25, -0.2) is 8.78 Å². The Labute approximate surface area is 132 Å². The van der Waals surface area contributed by atoms with E-state index in [0.717, 1.165) is 23.0 Å². The van der Waals surface area contributed by atoms with E-state index in [1.807, 2.05) is 12.1 Å². The van der Waals surface area contributed by atoms with Gasteiger partial charge in [0, 0.05) is 17.1 Å². The van der Waals surface area contributed by atoms with Crippen molar-refractivity contribution in [1.29, 1.82) is 0 Å². The van der Waals surface area contributed by atoms with Gasteiger partial charge in [0.15, 0.2) is 11.6 Å². The van der Waals surface area contributed by atoms with Crippen LogP contribution in [0.2, 0.25) is 0 Å². The number of hydrogen-bond acceptors (Lipinski definition) is 2. The van der Waals surface area contributed by atoms with Gasteiger partial charge in [-0.3, -0.25) is 9.78 Å². The molecule has 1 unspecified atom stereocenters. The average Bonchev–Trinajstić information content (AvgIpc) is 2.56. The highest BCUT2D eigenvalue weighted by Crippen LogP contribution is 2.19. The second-order valence-electron chi connectivity index (χ2n) is 5.24. The number of benzene rings is 2. The number of fused-ring (bicyclic) bond motifs is 1. The highest BCUT2D eigenvalue weighted by Gasteiger charge is 2.15. The minimum atomic E-state index is -0.932. The first kappa shape index (κ1) is 15.1.